The zero-order valence-electron chi connectivity index (χ0n) is 16.9. The highest BCUT2D eigenvalue weighted by atomic mass is 16.6. The fourth-order valence-electron chi connectivity index (χ4n) is 5.66. The van der Waals surface area contributed by atoms with Crippen LogP contribution in [-0.4, -0.2) is 37.6 Å². The molecule has 0 aromatic heterocycles. The van der Waals surface area contributed by atoms with Crippen LogP contribution in [0, 0.1) is 17.8 Å². The number of amides is 2. The molecule has 0 radical (unpaired) electrons. The number of benzene rings is 1. The van der Waals surface area contributed by atoms with Crippen LogP contribution in [0.25, 0.3) is 0 Å². The first kappa shape index (κ1) is 18.8. The average Bonchev–Trinajstić information content (AvgIpc) is 3.15. The van der Waals surface area contributed by atoms with E-state index in [4.69, 9.17) is 9.47 Å². The number of ether oxygens (including phenoxy) is 2. The van der Waals surface area contributed by atoms with Gasteiger partial charge in [-0.15, -0.1) is 0 Å². The third-order valence-electron chi connectivity index (χ3n) is 7.22. The van der Waals surface area contributed by atoms with Gasteiger partial charge in [0.25, 0.3) is 0 Å². The van der Waals surface area contributed by atoms with Gasteiger partial charge in [-0.3, -0.25) is 9.59 Å². The summed E-state index contributed by atoms with van der Waals surface area (Å²) in [4.78, 5) is 27.2. The van der Waals surface area contributed by atoms with Crippen LogP contribution < -0.4 is 19.7 Å². The van der Waals surface area contributed by atoms with Gasteiger partial charge >= 0.3 is 0 Å². The number of fused-ring (bicyclic) bond motifs is 2. The van der Waals surface area contributed by atoms with Crippen LogP contribution in [0.4, 0.5) is 5.69 Å². The highest BCUT2D eigenvalue weighted by Gasteiger charge is 2.38. The van der Waals surface area contributed by atoms with E-state index in [2.05, 4.69) is 5.32 Å². The van der Waals surface area contributed by atoms with Gasteiger partial charge in [0, 0.05) is 30.8 Å². The molecule has 5 rings (SSSR count). The molecule has 1 N–H and O–H groups in total. The van der Waals surface area contributed by atoms with E-state index < -0.39 is 0 Å². The number of rotatable bonds is 3. The normalized spacial score (nSPS) is 31.3. The Labute approximate surface area is 171 Å². The summed E-state index contributed by atoms with van der Waals surface area (Å²) < 4.78 is 11.2. The molecule has 2 saturated carbocycles. The lowest BCUT2D eigenvalue weighted by atomic mass is 9.69. The predicted molar refractivity (Wildman–Crippen MR) is 109 cm³/mol. The average molecular weight is 399 g/mol. The summed E-state index contributed by atoms with van der Waals surface area (Å²) in [5.41, 5.74) is 0.775. The number of anilines is 1. The van der Waals surface area contributed by atoms with Crippen LogP contribution >= 0.6 is 0 Å². The Bertz CT molecular complexity index is 795. The van der Waals surface area contributed by atoms with E-state index >= 15 is 0 Å². The Kier molecular flexibility index (Phi) is 5.10. The van der Waals surface area contributed by atoms with Gasteiger partial charge in [-0.2, -0.15) is 0 Å². The van der Waals surface area contributed by atoms with Crippen molar-refractivity contribution in [2.24, 2.45) is 17.8 Å². The minimum Gasteiger partial charge on any atom is -0.486 e. The molecule has 2 amide bonds. The smallest absolute Gasteiger partial charge is 0.227 e. The van der Waals surface area contributed by atoms with Crippen molar-refractivity contribution in [2.75, 3.05) is 24.7 Å². The van der Waals surface area contributed by atoms with Crippen molar-refractivity contribution < 1.29 is 19.1 Å². The highest BCUT2D eigenvalue weighted by Crippen LogP contribution is 2.41. The molecule has 1 aromatic carbocycles. The minimum atomic E-state index is -0.278. The quantitative estimate of drug-likeness (QED) is 0.848. The van der Waals surface area contributed by atoms with E-state index in [1.807, 2.05) is 18.2 Å². The highest BCUT2D eigenvalue weighted by molar-refractivity contribution is 6.00. The van der Waals surface area contributed by atoms with Crippen molar-refractivity contribution >= 4 is 17.5 Å². The molecular formula is C23H30N2O4. The zero-order valence-corrected chi connectivity index (χ0v) is 16.9. The molecule has 156 valence electrons. The first-order valence-corrected chi connectivity index (χ1v) is 11.2. The van der Waals surface area contributed by atoms with Crippen LogP contribution in [0.1, 0.15) is 51.4 Å². The molecule has 2 aliphatic heterocycles. The van der Waals surface area contributed by atoms with E-state index in [9.17, 15) is 9.59 Å². The van der Waals surface area contributed by atoms with Crippen LogP contribution in [-0.2, 0) is 9.59 Å². The lowest BCUT2D eigenvalue weighted by Gasteiger charge is -2.39. The van der Waals surface area contributed by atoms with Gasteiger partial charge in [-0.05, 0) is 43.2 Å². The molecule has 2 aliphatic carbocycles. The van der Waals surface area contributed by atoms with E-state index in [0.29, 0.717) is 31.3 Å². The summed E-state index contributed by atoms with van der Waals surface area (Å²) in [7, 11) is 0. The Morgan fingerprint density at radius 2 is 1.79 bits per heavy atom. The van der Waals surface area contributed by atoms with E-state index in [1.54, 1.807) is 4.90 Å². The largest absolute Gasteiger partial charge is 0.486 e. The van der Waals surface area contributed by atoms with Gasteiger partial charge in [0.05, 0.1) is 5.92 Å². The Balaban J connectivity index is 1.20. The molecule has 6 nitrogen and oxygen atoms in total. The molecule has 0 bridgehead atoms. The maximum atomic E-state index is 12.9. The van der Waals surface area contributed by atoms with Crippen molar-refractivity contribution in [2.45, 2.75) is 57.4 Å². The number of hydrogen-bond donors (Lipinski definition) is 1. The second-order valence-corrected chi connectivity index (χ2v) is 9.06. The second-order valence-electron chi connectivity index (χ2n) is 9.06. The molecule has 29 heavy (non-hydrogen) atoms. The maximum absolute atomic E-state index is 12.9. The molecule has 4 aliphatic rings. The molecule has 0 unspecified atom stereocenters. The molecule has 3 fully saturated rings. The fourth-order valence-corrected chi connectivity index (χ4v) is 5.66. The lowest BCUT2D eigenvalue weighted by molar-refractivity contribution is -0.127. The van der Waals surface area contributed by atoms with Crippen molar-refractivity contribution in [1.29, 1.82) is 0 Å². The summed E-state index contributed by atoms with van der Waals surface area (Å²) in [6.07, 6.45) is 9.11. The molecule has 1 aromatic rings. The number of nitrogens with zero attached hydrogens (tertiary/aromatic N) is 1. The fraction of sp³-hybridized carbons (Fsp3) is 0.652. The van der Waals surface area contributed by atoms with Crippen molar-refractivity contribution in [3.05, 3.63) is 18.2 Å². The summed E-state index contributed by atoms with van der Waals surface area (Å²) in [6, 6.07) is 5.83. The van der Waals surface area contributed by atoms with Crippen molar-refractivity contribution in [3.63, 3.8) is 0 Å². The van der Waals surface area contributed by atoms with Gasteiger partial charge in [0.2, 0.25) is 11.8 Å². The van der Waals surface area contributed by atoms with Crippen molar-refractivity contribution in [1.82, 2.24) is 5.32 Å². The SMILES string of the molecule is O=C(N[C@H]1CC[C@@H]2CCCC[C@@H]2C1)[C@@H]1CC(=O)N(c2ccc3c(c2)OCCO3)C1. The van der Waals surface area contributed by atoms with Gasteiger partial charge < -0.3 is 19.7 Å². The topological polar surface area (TPSA) is 67.9 Å². The molecule has 0 spiro atoms. The van der Waals surface area contributed by atoms with Gasteiger partial charge in [-0.25, -0.2) is 0 Å². The minimum absolute atomic E-state index is 0.00202. The Morgan fingerprint density at radius 3 is 2.66 bits per heavy atom. The van der Waals surface area contributed by atoms with Crippen LogP contribution in [0.3, 0.4) is 0 Å². The summed E-state index contributed by atoms with van der Waals surface area (Å²) in [5, 5.41) is 3.27. The summed E-state index contributed by atoms with van der Waals surface area (Å²) >= 11 is 0. The zero-order chi connectivity index (χ0) is 19.8. The first-order chi connectivity index (χ1) is 14.2. The maximum Gasteiger partial charge on any atom is 0.227 e. The van der Waals surface area contributed by atoms with Gasteiger partial charge in [0.1, 0.15) is 13.2 Å². The van der Waals surface area contributed by atoms with E-state index in [0.717, 1.165) is 30.4 Å². The molecule has 4 atom stereocenters. The van der Waals surface area contributed by atoms with Crippen LogP contribution in [0.2, 0.25) is 0 Å². The molecular weight excluding hydrogens is 368 g/mol. The second kappa shape index (κ2) is 7.88. The number of hydrogen-bond acceptors (Lipinski definition) is 4. The monoisotopic (exact) mass is 398 g/mol. The Morgan fingerprint density at radius 1 is 1.00 bits per heavy atom. The molecule has 2 heterocycles. The third kappa shape index (κ3) is 3.81. The van der Waals surface area contributed by atoms with Gasteiger partial charge in [0.15, 0.2) is 11.5 Å². The lowest BCUT2D eigenvalue weighted by Crippen LogP contribution is -2.44. The standard InChI is InChI=1S/C23H30N2O4/c26-22-12-17(14-25(22)19-7-8-20-21(13-19)29-10-9-28-20)23(27)24-18-6-5-15-3-1-2-4-16(15)11-18/h7-8,13,15-18H,1-6,9-12,14H2,(H,24,27)/t15-,16+,17+,18-/m0/s1. The summed E-state index contributed by atoms with van der Waals surface area (Å²) in [5.74, 6) is 2.78. The molecule has 6 heteroatoms. The van der Waals surface area contributed by atoms with Crippen molar-refractivity contribution in [3.8, 4) is 11.5 Å². The number of carbonyl (C=O) groups excluding carboxylic acids is 2. The van der Waals surface area contributed by atoms with Gasteiger partial charge in [-0.1, -0.05) is 25.7 Å². The Hall–Kier alpha value is -2.24. The number of carbonyl (C=O) groups is 2. The molecule has 1 saturated heterocycles. The number of nitrogens with one attached hydrogen (secondary N) is 1. The van der Waals surface area contributed by atoms with E-state index in [-0.39, 0.29) is 30.2 Å². The third-order valence-corrected chi connectivity index (χ3v) is 7.22. The predicted octanol–water partition coefficient (Wildman–Crippen LogP) is 3.29. The van der Waals surface area contributed by atoms with Crippen LogP contribution in [0.15, 0.2) is 18.2 Å². The first-order valence-electron chi connectivity index (χ1n) is 11.2. The van der Waals surface area contributed by atoms with Crippen LogP contribution in [0.5, 0.6) is 11.5 Å². The summed E-state index contributed by atoms with van der Waals surface area (Å²) in [6.45, 7) is 1.49. The van der Waals surface area contributed by atoms with E-state index in [1.165, 1.54) is 32.1 Å².